The van der Waals surface area contributed by atoms with Crippen LogP contribution in [-0.4, -0.2) is 28.6 Å². The van der Waals surface area contributed by atoms with E-state index in [4.69, 9.17) is 9.47 Å². The third-order valence-corrected chi connectivity index (χ3v) is 4.49. The number of halogens is 1. The highest BCUT2D eigenvalue weighted by atomic mass is 32.2. The van der Waals surface area contributed by atoms with E-state index in [1.165, 1.54) is 14.2 Å². The SMILES string of the molecule is COc1cc(NS(=O)(=O)c2ccc(F)cc2)c(C(=O)[O-])cc1OC. The highest BCUT2D eigenvalue weighted by molar-refractivity contribution is 7.92. The summed E-state index contributed by atoms with van der Waals surface area (Å²) in [7, 11) is -1.52. The summed E-state index contributed by atoms with van der Waals surface area (Å²) in [4.78, 5) is 11.0. The van der Waals surface area contributed by atoms with E-state index in [-0.39, 0.29) is 22.1 Å². The van der Waals surface area contributed by atoms with E-state index >= 15 is 0 Å². The number of sulfonamides is 1. The molecule has 0 amide bonds. The van der Waals surface area contributed by atoms with Gasteiger partial charge in [0, 0.05) is 11.6 Å². The van der Waals surface area contributed by atoms with Crippen molar-refractivity contribution in [3.8, 4) is 11.5 Å². The molecule has 0 saturated carbocycles. The lowest BCUT2D eigenvalue weighted by atomic mass is 10.1. The molecule has 0 aliphatic carbocycles. The van der Waals surface area contributed by atoms with Gasteiger partial charge in [-0.05, 0) is 30.3 Å². The first-order chi connectivity index (χ1) is 11.3. The summed E-state index contributed by atoms with van der Waals surface area (Å²) < 4.78 is 49.7. The summed E-state index contributed by atoms with van der Waals surface area (Å²) in [5.74, 6) is -1.98. The molecule has 0 aromatic heterocycles. The summed E-state index contributed by atoms with van der Waals surface area (Å²) in [5.41, 5.74) is -0.699. The van der Waals surface area contributed by atoms with Gasteiger partial charge in [-0.1, -0.05) is 0 Å². The molecule has 0 saturated heterocycles. The fourth-order valence-electron chi connectivity index (χ4n) is 1.95. The predicted octanol–water partition coefficient (Wildman–Crippen LogP) is 1.01. The molecule has 0 atom stereocenters. The number of benzene rings is 2. The molecular weight excluding hydrogens is 341 g/mol. The number of hydrogen-bond donors (Lipinski definition) is 1. The van der Waals surface area contributed by atoms with Crippen LogP contribution in [0.15, 0.2) is 41.3 Å². The van der Waals surface area contributed by atoms with Crippen LogP contribution in [0.3, 0.4) is 0 Å². The highest BCUT2D eigenvalue weighted by Gasteiger charge is 2.19. The van der Waals surface area contributed by atoms with Crippen LogP contribution in [-0.2, 0) is 10.0 Å². The average molecular weight is 354 g/mol. The summed E-state index contributed by atoms with van der Waals surface area (Å²) in [6.07, 6.45) is 0. The van der Waals surface area contributed by atoms with E-state index in [1.807, 2.05) is 0 Å². The van der Waals surface area contributed by atoms with Gasteiger partial charge in [0.05, 0.1) is 30.8 Å². The van der Waals surface area contributed by atoms with Crippen molar-refractivity contribution in [3.63, 3.8) is 0 Å². The Balaban J connectivity index is 2.51. The molecule has 128 valence electrons. The number of methoxy groups -OCH3 is 2. The fourth-order valence-corrected chi connectivity index (χ4v) is 3.02. The number of carboxylic acid groups (broad SMARTS) is 1. The molecule has 0 spiro atoms. The van der Waals surface area contributed by atoms with Crippen LogP contribution in [0.2, 0.25) is 0 Å². The molecule has 0 aliphatic rings. The second-order valence-electron chi connectivity index (χ2n) is 4.60. The molecule has 0 radical (unpaired) electrons. The van der Waals surface area contributed by atoms with Crippen molar-refractivity contribution in [2.75, 3.05) is 18.9 Å². The molecule has 0 fully saturated rings. The third-order valence-electron chi connectivity index (χ3n) is 3.11. The van der Waals surface area contributed by atoms with Gasteiger partial charge in [0.25, 0.3) is 10.0 Å². The third kappa shape index (κ3) is 3.57. The molecule has 2 rings (SSSR count). The average Bonchev–Trinajstić information content (AvgIpc) is 2.54. The number of ether oxygens (including phenoxy) is 2. The van der Waals surface area contributed by atoms with Crippen molar-refractivity contribution < 1.29 is 32.2 Å². The number of rotatable bonds is 6. The molecule has 2 aromatic carbocycles. The van der Waals surface area contributed by atoms with Crippen LogP contribution in [0.25, 0.3) is 0 Å². The zero-order chi connectivity index (χ0) is 17.9. The number of anilines is 1. The molecule has 0 unspecified atom stereocenters. The lowest BCUT2D eigenvalue weighted by Gasteiger charge is -2.17. The van der Waals surface area contributed by atoms with Crippen molar-refractivity contribution in [1.29, 1.82) is 0 Å². The Morgan fingerprint density at radius 1 is 1.08 bits per heavy atom. The lowest BCUT2D eigenvalue weighted by molar-refractivity contribution is -0.254. The summed E-state index contributed by atoms with van der Waals surface area (Å²) in [5, 5.41) is 11.3. The standard InChI is InChI=1S/C15H14FNO6S/c1-22-13-7-11(15(18)19)12(8-14(13)23-2)17-24(20,21)10-5-3-9(16)4-6-10/h3-8,17H,1-2H3,(H,18,19)/p-1. The topological polar surface area (TPSA) is 105 Å². The predicted molar refractivity (Wildman–Crippen MR) is 81.1 cm³/mol. The van der Waals surface area contributed by atoms with E-state index in [1.54, 1.807) is 0 Å². The fraction of sp³-hybridized carbons (Fsp3) is 0.133. The van der Waals surface area contributed by atoms with E-state index < -0.39 is 27.4 Å². The van der Waals surface area contributed by atoms with Crippen LogP contribution in [0.1, 0.15) is 10.4 Å². The van der Waals surface area contributed by atoms with Crippen molar-refractivity contribution in [1.82, 2.24) is 0 Å². The van der Waals surface area contributed by atoms with E-state index in [2.05, 4.69) is 4.72 Å². The van der Waals surface area contributed by atoms with E-state index in [0.29, 0.717) is 0 Å². The Bertz CT molecular complexity index is 864. The number of carboxylic acids is 1. The highest BCUT2D eigenvalue weighted by Crippen LogP contribution is 2.34. The molecular formula is C15H13FNO6S-. The quantitative estimate of drug-likeness (QED) is 0.830. The minimum absolute atomic E-state index is 0.0985. The van der Waals surface area contributed by atoms with Crippen LogP contribution in [0, 0.1) is 5.82 Å². The first-order valence-corrected chi connectivity index (χ1v) is 8.02. The van der Waals surface area contributed by atoms with E-state index in [9.17, 15) is 22.7 Å². The smallest absolute Gasteiger partial charge is 0.261 e. The van der Waals surface area contributed by atoms with Gasteiger partial charge >= 0.3 is 0 Å². The van der Waals surface area contributed by atoms with Crippen LogP contribution in [0.4, 0.5) is 10.1 Å². The molecule has 0 aliphatic heterocycles. The lowest BCUT2D eigenvalue weighted by Crippen LogP contribution is -2.25. The van der Waals surface area contributed by atoms with Gasteiger partial charge in [0.15, 0.2) is 11.5 Å². The van der Waals surface area contributed by atoms with Gasteiger partial charge in [-0.3, -0.25) is 4.72 Å². The molecule has 9 heteroatoms. The Morgan fingerprint density at radius 2 is 1.62 bits per heavy atom. The van der Waals surface area contributed by atoms with Gasteiger partial charge in [0.1, 0.15) is 5.82 Å². The van der Waals surface area contributed by atoms with E-state index in [0.717, 1.165) is 36.4 Å². The summed E-state index contributed by atoms with van der Waals surface area (Å²) in [6, 6.07) is 6.29. The Morgan fingerprint density at radius 3 is 2.12 bits per heavy atom. The maximum absolute atomic E-state index is 12.9. The van der Waals surface area contributed by atoms with Crippen LogP contribution in [0.5, 0.6) is 11.5 Å². The van der Waals surface area contributed by atoms with Crippen molar-refractivity contribution in [3.05, 3.63) is 47.8 Å². The van der Waals surface area contributed by atoms with Crippen molar-refractivity contribution in [2.45, 2.75) is 4.90 Å². The zero-order valence-corrected chi connectivity index (χ0v) is 13.5. The van der Waals surface area contributed by atoms with Crippen LogP contribution < -0.4 is 19.3 Å². The number of aromatic carboxylic acids is 1. The minimum Gasteiger partial charge on any atom is -0.545 e. The second kappa shape index (κ2) is 6.75. The molecule has 0 bridgehead atoms. The van der Waals surface area contributed by atoms with Gasteiger partial charge in [-0.15, -0.1) is 0 Å². The number of carbonyl (C=O) groups excluding carboxylic acids is 1. The maximum atomic E-state index is 12.9. The number of hydrogen-bond acceptors (Lipinski definition) is 6. The number of nitrogens with one attached hydrogen (secondary N) is 1. The van der Waals surface area contributed by atoms with Gasteiger partial charge in [-0.2, -0.15) is 0 Å². The zero-order valence-electron chi connectivity index (χ0n) is 12.7. The van der Waals surface area contributed by atoms with Crippen molar-refractivity contribution in [2.24, 2.45) is 0 Å². The number of carbonyl (C=O) groups is 1. The summed E-state index contributed by atoms with van der Waals surface area (Å²) in [6.45, 7) is 0. The normalized spacial score (nSPS) is 11.0. The second-order valence-corrected chi connectivity index (χ2v) is 6.28. The van der Waals surface area contributed by atoms with Gasteiger partial charge in [0.2, 0.25) is 0 Å². The largest absolute Gasteiger partial charge is 0.545 e. The first-order valence-electron chi connectivity index (χ1n) is 6.54. The van der Waals surface area contributed by atoms with Crippen molar-refractivity contribution >= 4 is 21.7 Å². The summed E-state index contributed by atoms with van der Waals surface area (Å²) >= 11 is 0. The molecule has 7 nitrogen and oxygen atoms in total. The minimum atomic E-state index is -4.13. The first kappa shape index (κ1) is 17.5. The van der Waals surface area contributed by atoms with Gasteiger partial charge < -0.3 is 19.4 Å². The monoisotopic (exact) mass is 354 g/mol. The molecule has 1 N–H and O–H groups in total. The maximum Gasteiger partial charge on any atom is 0.261 e. The molecule has 0 heterocycles. The molecule has 2 aromatic rings. The molecule has 24 heavy (non-hydrogen) atoms. The Hall–Kier alpha value is -2.81. The van der Waals surface area contributed by atoms with Crippen LogP contribution >= 0.6 is 0 Å². The Labute approximate surface area is 137 Å². The Kier molecular flexibility index (Phi) is 4.93. The van der Waals surface area contributed by atoms with Gasteiger partial charge in [-0.25, -0.2) is 12.8 Å².